The maximum atomic E-state index is 11.7. The van der Waals surface area contributed by atoms with Crippen molar-refractivity contribution in [3.05, 3.63) is 36.0 Å². The minimum absolute atomic E-state index is 0.207. The fourth-order valence-corrected chi connectivity index (χ4v) is 1.92. The zero-order valence-corrected chi connectivity index (χ0v) is 10.9. The van der Waals surface area contributed by atoms with Crippen molar-refractivity contribution in [2.45, 2.75) is 26.3 Å². The third-order valence-electron chi connectivity index (χ3n) is 2.96. The number of benzene rings is 1. The lowest BCUT2D eigenvalue weighted by Crippen LogP contribution is -2.13. The summed E-state index contributed by atoms with van der Waals surface area (Å²) < 4.78 is 6.98. The molecular weight excluding hydrogens is 240 g/mol. The molecule has 2 rings (SSSR count). The second kappa shape index (κ2) is 6.05. The number of fused-ring (bicyclic) bond motifs is 1. The van der Waals surface area contributed by atoms with Gasteiger partial charge in [-0.15, -0.1) is 0 Å². The zero-order valence-electron chi connectivity index (χ0n) is 10.9. The molecule has 0 aliphatic carbocycles. The molecule has 0 saturated heterocycles. The summed E-state index contributed by atoms with van der Waals surface area (Å²) in [5.74, 6) is -0.227. The Kier molecular flexibility index (Phi) is 4.19. The Labute approximate surface area is 112 Å². The van der Waals surface area contributed by atoms with Crippen molar-refractivity contribution in [1.82, 2.24) is 4.57 Å². The molecule has 0 fully saturated rings. The van der Waals surface area contributed by atoms with Crippen LogP contribution in [0, 0.1) is 11.3 Å². The first-order valence-electron chi connectivity index (χ1n) is 6.39. The van der Waals surface area contributed by atoms with Crippen molar-refractivity contribution < 1.29 is 9.53 Å². The van der Waals surface area contributed by atoms with E-state index in [1.54, 1.807) is 6.07 Å². The van der Waals surface area contributed by atoms with Crippen LogP contribution in [0.2, 0.25) is 0 Å². The molecule has 0 radical (unpaired) electrons. The number of carbonyl (C=O) groups is 1. The monoisotopic (exact) mass is 256 g/mol. The topological polar surface area (TPSA) is 55.0 Å². The molecule has 0 N–H and O–H groups in total. The first-order valence-corrected chi connectivity index (χ1v) is 6.39. The number of aromatic nitrogens is 1. The molecule has 1 heterocycles. The zero-order chi connectivity index (χ0) is 13.7. The maximum absolute atomic E-state index is 11.7. The summed E-state index contributed by atoms with van der Waals surface area (Å²) in [6.45, 7) is 2.74. The van der Waals surface area contributed by atoms with Crippen molar-refractivity contribution in [3.8, 4) is 6.07 Å². The average molecular weight is 256 g/mol. The van der Waals surface area contributed by atoms with Crippen molar-refractivity contribution in [3.63, 3.8) is 0 Å². The third-order valence-corrected chi connectivity index (χ3v) is 2.96. The van der Waals surface area contributed by atoms with Crippen LogP contribution in [0.4, 0.5) is 0 Å². The van der Waals surface area contributed by atoms with Gasteiger partial charge in [-0.3, -0.25) is 4.79 Å². The van der Waals surface area contributed by atoms with Crippen LogP contribution in [0.1, 0.15) is 25.3 Å². The molecule has 0 bridgehead atoms. The van der Waals surface area contributed by atoms with Gasteiger partial charge in [0, 0.05) is 17.1 Å². The van der Waals surface area contributed by atoms with E-state index in [1.165, 1.54) is 0 Å². The molecule has 0 aliphatic rings. The molecule has 0 aliphatic heterocycles. The highest BCUT2D eigenvalue weighted by Crippen LogP contribution is 2.17. The van der Waals surface area contributed by atoms with Gasteiger partial charge in [0.2, 0.25) is 0 Å². The average Bonchev–Trinajstić information content (AvgIpc) is 2.81. The highest BCUT2D eigenvalue weighted by atomic mass is 16.5. The standard InChI is InChI=1S/C15H16N2O2/c1-2-3-8-19-15(18)11-17-7-6-13-9-12(10-16)4-5-14(13)17/h4-7,9H,2-3,8,11H2,1H3. The fourth-order valence-electron chi connectivity index (χ4n) is 1.92. The Balaban J connectivity index is 2.09. The number of ether oxygens (including phenoxy) is 1. The van der Waals surface area contributed by atoms with Crippen molar-refractivity contribution in [1.29, 1.82) is 5.26 Å². The number of hydrogen-bond donors (Lipinski definition) is 0. The van der Waals surface area contributed by atoms with Gasteiger partial charge in [0.05, 0.1) is 18.2 Å². The highest BCUT2D eigenvalue weighted by molar-refractivity contribution is 5.83. The van der Waals surface area contributed by atoms with Crippen LogP contribution in [-0.4, -0.2) is 17.1 Å². The van der Waals surface area contributed by atoms with Crippen LogP contribution in [-0.2, 0) is 16.1 Å². The Morgan fingerprint density at radius 2 is 2.26 bits per heavy atom. The molecular formula is C15H16N2O2. The van der Waals surface area contributed by atoms with Gasteiger partial charge in [0.1, 0.15) is 6.54 Å². The smallest absolute Gasteiger partial charge is 0.325 e. The minimum atomic E-state index is -0.227. The van der Waals surface area contributed by atoms with E-state index in [0.29, 0.717) is 12.2 Å². The largest absolute Gasteiger partial charge is 0.464 e. The summed E-state index contributed by atoms with van der Waals surface area (Å²) in [5.41, 5.74) is 1.56. The van der Waals surface area contributed by atoms with Crippen LogP contribution in [0.25, 0.3) is 10.9 Å². The molecule has 4 nitrogen and oxygen atoms in total. The van der Waals surface area contributed by atoms with Gasteiger partial charge < -0.3 is 9.30 Å². The normalized spacial score (nSPS) is 10.3. The van der Waals surface area contributed by atoms with Gasteiger partial charge in [0.15, 0.2) is 0 Å². The molecule has 1 aromatic carbocycles. The first kappa shape index (κ1) is 13.2. The second-order valence-electron chi connectivity index (χ2n) is 4.40. The lowest BCUT2D eigenvalue weighted by atomic mass is 10.2. The number of hydrogen-bond acceptors (Lipinski definition) is 3. The van der Waals surface area contributed by atoms with Crippen molar-refractivity contribution in [2.24, 2.45) is 0 Å². The van der Waals surface area contributed by atoms with E-state index in [2.05, 4.69) is 13.0 Å². The van der Waals surface area contributed by atoms with Crippen molar-refractivity contribution in [2.75, 3.05) is 6.61 Å². The summed E-state index contributed by atoms with van der Waals surface area (Å²) in [7, 11) is 0. The number of rotatable bonds is 5. The molecule has 4 heteroatoms. The summed E-state index contributed by atoms with van der Waals surface area (Å²) in [5, 5.41) is 9.80. The maximum Gasteiger partial charge on any atom is 0.325 e. The fraction of sp³-hybridized carbons (Fsp3) is 0.333. The highest BCUT2D eigenvalue weighted by Gasteiger charge is 2.07. The van der Waals surface area contributed by atoms with E-state index >= 15 is 0 Å². The van der Waals surface area contributed by atoms with E-state index in [1.807, 2.05) is 29.0 Å². The molecule has 0 unspecified atom stereocenters. The predicted molar refractivity (Wildman–Crippen MR) is 72.5 cm³/mol. The van der Waals surface area contributed by atoms with Gasteiger partial charge in [0.25, 0.3) is 0 Å². The summed E-state index contributed by atoms with van der Waals surface area (Å²) >= 11 is 0. The molecule has 0 atom stereocenters. The molecule has 0 spiro atoms. The molecule has 1 aromatic heterocycles. The quantitative estimate of drug-likeness (QED) is 0.610. The summed E-state index contributed by atoms with van der Waals surface area (Å²) in [6.07, 6.45) is 3.74. The number of unbranched alkanes of at least 4 members (excludes halogenated alkanes) is 1. The summed E-state index contributed by atoms with van der Waals surface area (Å²) in [6, 6.07) is 9.42. The molecule has 2 aromatic rings. The van der Waals surface area contributed by atoms with Gasteiger partial charge in [-0.25, -0.2) is 0 Å². The van der Waals surface area contributed by atoms with Gasteiger partial charge in [-0.1, -0.05) is 13.3 Å². The van der Waals surface area contributed by atoms with Gasteiger partial charge >= 0.3 is 5.97 Å². The molecule has 0 amide bonds. The van der Waals surface area contributed by atoms with Crippen LogP contribution >= 0.6 is 0 Å². The Hall–Kier alpha value is -2.28. The van der Waals surface area contributed by atoms with Gasteiger partial charge in [-0.05, 0) is 30.7 Å². The Bertz CT molecular complexity index is 623. The number of carbonyl (C=O) groups excluding carboxylic acids is 1. The van der Waals surface area contributed by atoms with Crippen molar-refractivity contribution >= 4 is 16.9 Å². The van der Waals surface area contributed by atoms with Crippen LogP contribution in [0.5, 0.6) is 0 Å². The number of nitrogens with zero attached hydrogens (tertiary/aromatic N) is 2. The van der Waals surface area contributed by atoms with Crippen LogP contribution < -0.4 is 0 Å². The number of esters is 1. The Morgan fingerprint density at radius 3 is 3.00 bits per heavy atom. The second-order valence-corrected chi connectivity index (χ2v) is 4.40. The van der Waals surface area contributed by atoms with Crippen LogP contribution in [0.15, 0.2) is 30.5 Å². The van der Waals surface area contributed by atoms with E-state index < -0.39 is 0 Å². The first-order chi connectivity index (χ1) is 9.24. The third kappa shape index (κ3) is 3.14. The van der Waals surface area contributed by atoms with Crippen LogP contribution in [0.3, 0.4) is 0 Å². The molecule has 19 heavy (non-hydrogen) atoms. The predicted octanol–water partition coefficient (Wildman–Crippen LogP) is 2.86. The lowest BCUT2D eigenvalue weighted by Gasteiger charge is -2.06. The van der Waals surface area contributed by atoms with E-state index in [4.69, 9.17) is 10.00 Å². The van der Waals surface area contributed by atoms with E-state index in [9.17, 15) is 4.79 Å². The van der Waals surface area contributed by atoms with E-state index in [0.717, 1.165) is 23.7 Å². The molecule has 98 valence electrons. The molecule has 0 saturated carbocycles. The number of nitriles is 1. The minimum Gasteiger partial charge on any atom is -0.464 e. The lowest BCUT2D eigenvalue weighted by molar-refractivity contribution is -0.144. The van der Waals surface area contributed by atoms with E-state index in [-0.39, 0.29) is 12.5 Å². The van der Waals surface area contributed by atoms with Gasteiger partial charge in [-0.2, -0.15) is 5.26 Å². The summed E-state index contributed by atoms with van der Waals surface area (Å²) in [4.78, 5) is 11.7. The Morgan fingerprint density at radius 1 is 1.42 bits per heavy atom. The SMILES string of the molecule is CCCCOC(=O)Cn1ccc2cc(C#N)ccc21.